The molecule has 0 unspecified atom stereocenters. The van der Waals surface area contributed by atoms with Crippen molar-refractivity contribution in [1.82, 2.24) is 5.32 Å². The normalized spacial score (nSPS) is 12.9. The van der Waals surface area contributed by atoms with Crippen molar-refractivity contribution in [2.24, 2.45) is 0 Å². The molecule has 0 aliphatic carbocycles. The van der Waals surface area contributed by atoms with Gasteiger partial charge in [-0.3, -0.25) is 9.59 Å². The SMILES string of the molecule is CCC[C@H](NC(=O)[C@H](C)Sc1ccc(NC(C)=O)cc1)c1ccccc1. The highest BCUT2D eigenvalue weighted by atomic mass is 32.2. The molecular formula is C21H26N2O2S. The summed E-state index contributed by atoms with van der Waals surface area (Å²) in [5.74, 6) is -0.0655. The predicted molar refractivity (Wildman–Crippen MR) is 108 cm³/mol. The first kappa shape index (κ1) is 20.0. The fourth-order valence-corrected chi connectivity index (χ4v) is 3.54. The molecule has 0 saturated carbocycles. The zero-order valence-corrected chi connectivity index (χ0v) is 16.3. The van der Waals surface area contributed by atoms with Crippen LogP contribution in [-0.2, 0) is 9.59 Å². The van der Waals surface area contributed by atoms with E-state index in [0.717, 1.165) is 29.0 Å². The fourth-order valence-electron chi connectivity index (χ4n) is 2.66. The van der Waals surface area contributed by atoms with E-state index in [0.29, 0.717) is 0 Å². The number of carbonyl (C=O) groups excluding carboxylic acids is 2. The summed E-state index contributed by atoms with van der Waals surface area (Å²) < 4.78 is 0. The van der Waals surface area contributed by atoms with E-state index in [1.165, 1.54) is 18.7 Å². The van der Waals surface area contributed by atoms with E-state index >= 15 is 0 Å². The highest BCUT2D eigenvalue weighted by molar-refractivity contribution is 8.00. The second kappa shape index (κ2) is 10.0. The molecule has 0 radical (unpaired) electrons. The van der Waals surface area contributed by atoms with Gasteiger partial charge in [0, 0.05) is 17.5 Å². The van der Waals surface area contributed by atoms with Gasteiger partial charge in [0.1, 0.15) is 0 Å². The fraction of sp³-hybridized carbons (Fsp3) is 0.333. The van der Waals surface area contributed by atoms with Crippen molar-refractivity contribution in [3.05, 3.63) is 60.2 Å². The van der Waals surface area contributed by atoms with Gasteiger partial charge in [-0.25, -0.2) is 0 Å². The maximum Gasteiger partial charge on any atom is 0.233 e. The third-order valence-electron chi connectivity index (χ3n) is 3.95. The first-order valence-electron chi connectivity index (χ1n) is 8.89. The van der Waals surface area contributed by atoms with E-state index in [2.05, 4.69) is 29.7 Å². The van der Waals surface area contributed by atoms with E-state index < -0.39 is 0 Å². The van der Waals surface area contributed by atoms with Crippen LogP contribution >= 0.6 is 11.8 Å². The number of anilines is 1. The lowest BCUT2D eigenvalue weighted by Crippen LogP contribution is -2.34. The summed E-state index contributed by atoms with van der Waals surface area (Å²) >= 11 is 1.51. The Hall–Kier alpha value is -2.27. The molecule has 2 aromatic rings. The molecule has 2 atom stereocenters. The number of hydrogen-bond acceptors (Lipinski definition) is 3. The second-order valence-corrected chi connectivity index (χ2v) is 7.64. The number of carbonyl (C=O) groups is 2. The van der Waals surface area contributed by atoms with Gasteiger partial charge in [0.2, 0.25) is 11.8 Å². The second-order valence-electron chi connectivity index (χ2n) is 6.23. The third-order valence-corrected chi connectivity index (χ3v) is 5.06. The highest BCUT2D eigenvalue weighted by Crippen LogP contribution is 2.26. The minimum Gasteiger partial charge on any atom is -0.348 e. The molecule has 26 heavy (non-hydrogen) atoms. The van der Waals surface area contributed by atoms with Crippen LogP contribution in [0.25, 0.3) is 0 Å². The van der Waals surface area contributed by atoms with Crippen LogP contribution < -0.4 is 10.6 Å². The summed E-state index contributed by atoms with van der Waals surface area (Å²) in [5, 5.41) is 5.71. The molecule has 2 aromatic carbocycles. The molecule has 0 saturated heterocycles. The van der Waals surface area contributed by atoms with E-state index in [1.54, 1.807) is 0 Å². The van der Waals surface area contributed by atoms with Gasteiger partial charge in [-0.05, 0) is 43.2 Å². The van der Waals surface area contributed by atoms with Crippen LogP contribution in [0.2, 0.25) is 0 Å². The lowest BCUT2D eigenvalue weighted by Gasteiger charge is -2.21. The molecular weight excluding hydrogens is 344 g/mol. The zero-order chi connectivity index (χ0) is 18.9. The Balaban J connectivity index is 1.96. The molecule has 5 heteroatoms. The molecule has 2 rings (SSSR count). The Bertz CT molecular complexity index is 717. The Kier molecular flexibility index (Phi) is 7.73. The Morgan fingerprint density at radius 1 is 1.04 bits per heavy atom. The van der Waals surface area contributed by atoms with Gasteiger partial charge < -0.3 is 10.6 Å². The van der Waals surface area contributed by atoms with Crippen LogP contribution in [-0.4, -0.2) is 17.1 Å². The van der Waals surface area contributed by atoms with Gasteiger partial charge in [-0.15, -0.1) is 11.8 Å². The first-order chi connectivity index (χ1) is 12.5. The van der Waals surface area contributed by atoms with Gasteiger partial charge in [0.15, 0.2) is 0 Å². The summed E-state index contributed by atoms with van der Waals surface area (Å²) in [7, 11) is 0. The van der Waals surface area contributed by atoms with Crippen LogP contribution in [0.15, 0.2) is 59.5 Å². The number of amides is 2. The summed E-state index contributed by atoms with van der Waals surface area (Å²) in [5.41, 5.74) is 1.89. The molecule has 0 heterocycles. The minimum absolute atomic E-state index is 0.0308. The Morgan fingerprint density at radius 2 is 1.69 bits per heavy atom. The summed E-state index contributed by atoms with van der Waals surface area (Å²) in [6.45, 7) is 5.52. The van der Waals surface area contributed by atoms with Gasteiger partial charge >= 0.3 is 0 Å². The summed E-state index contributed by atoms with van der Waals surface area (Å²) in [6, 6.07) is 17.7. The number of thioether (sulfide) groups is 1. The Labute approximate surface area is 159 Å². The predicted octanol–water partition coefficient (Wildman–Crippen LogP) is 4.78. The van der Waals surface area contributed by atoms with Gasteiger partial charge in [0.05, 0.1) is 11.3 Å². The van der Waals surface area contributed by atoms with E-state index in [9.17, 15) is 9.59 Å². The van der Waals surface area contributed by atoms with Crippen molar-refractivity contribution in [3.63, 3.8) is 0 Å². The van der Waals surface area contributed by atoms with Crippen molar-refractivity contribution < 1.29 is 9.59 Å². The van der Waals surface area contributed by atoms with Crippen molar-refractivity contribution in [3.8, 4) is 0 Å². The van der Waals surface area contributed by atoms with Gasteiger partial charge in [-0.1, -0.05) is 43.7 Å². The van der Waals surface area contributed by atoms with E-state index in [1.807, 2.05) is 49.4 Å². The molecule has 2 amide bonds. The molecule has 0 spiro atoms. The lowest BCUT2D eigenvalue weighted by atomic mass is 10.0. The maximum atomic E-state index is 12.6. The minimum atomic E-state index is -0.204. The average molecular weight is 371 g/mol. The van der Waals surface area contributed by atoms with Gasteiger partial charge in [0.25, 0.3) is 0 Å². The maximum absolute atomic E-state index is 12.6. The third kappa shape index (κ3) is 6.23. The standard InChI is InChI=1S/C21H26N2O2S/c1-4-8-20(17-9-6-5-7-10-17)23-21(25)15(2)26-19-13-11-18(12-14-19)22-16(3)24/h5-7,9-15,20H,4,8H2,1-3H3,(H,22,24)(H,23,25)/t15-,20-/m0/s1. The van der Waals surface area contributed by atoms with Crippen molar-refractivity contribution in [1.29, 1.82) is 0 Å². The van der Waals surface area contributed by atoms with E-state index in [4.69, 9.17) is 0 Å². The number of nitrogens with one attached hydrogen (secondary N) is 2. The van der Waals surface area contributed by atoms with Gasteiger partial charge in [-0.2, -0.15) is 0 Å². The largest absolute Gasteiger partial charge is 0.348 e. The first-order valence-corrected chi connectivity index (χ1v) is 9.77. The Morgan fingerprint density at radius 3 is 2.27 bits per heavy atom. The zero-order valence-electron chi connectivity index (χ0n) is 15.5. The van der Waals surface area contributed by atoms with Crippen LogP contribution in [0.1, 0.15) is 45.2 Å². The number of benzene rings is 2. The quantitative estimate of drug-likeness (QED) is 0.657. The molecule has 0 fully saturated rings. The lowest BCUT2D eigenvalue weighted by molar-refractivity contribution is -0.121. The number of hydrogen-bond donors (Lipinski definition) is 2. The molecule has 0 aliphatic rings. The van der Waals surface area contributed by atoms with Crippen molar-refractivity contribution >= 4 is 29.3 Å². The molecule has 2 N–H and O–H groups in total. The smallest absolute Gasteiger partial charge is 0.233 e. The summed E-state index contributed by atoms with van der Waals surface area (Å²) in [6.07, 6.45) is 1.92. The van der Waals surface area contributed by atoms with Crippen LogP contribution in [0.5, 0.6) is 0 Å². The highest BCUT2D eigenvalue weighted by Gasteiger charge is 2.19. The topological polar surface area (TPSA) is 58.2 Å². The van der Waals surface area contributed by atoms with E-state index in [-0.39, 0.29) is 23.1 Å². The van der Waals surface area contributed by atoms with Crippen LogP contribution in [0.4, 0.5) is 5.69 Å². The van der Waals surface area contributed by atoms with Crippen LogP contribution in [0, 0.1) is 0 Å². The number of rotatable bonds is 8. The average Bonchev–Trinajstić information content (AvgIpc) is 2.63. The van der Waals surface area contributed by atoms with Crippen molar-refractivity contribution in [2.45, 2.75) is 49.8 Å². The monoisotopic (exact) mass is 370 g/mol. The molecule has 0 aliphatic heterocycles. The summed E-state index contributed by atoms with van der Waals surface area (Å²) in [4.78, 5) is 24.7. The molecule has 0 aromatic heterocycles. The molecule has 0 bridgehead atoms. The van der Waals surface area contributed by atoms with Crippen molar-refractivity contribution in [2.75, 3.05) is 5.32 Å². The molecule has 138 valence electrons. The van der Waals surface area contributed by atoms with Crippen LogP contribution in [0.3, 0.4) is 0 Å². The molecule has 4 nitrogen and oxygen atoms in total.